The highest BCUT2D eigenvalue weighted by Crippen LogP contribution is 2.15. The Morgan fingerprint density at radius 3 is 2.72 bits per heavy atom. The van der Waals surface area contributed by atoms with Crippen LogP contribution in [0, 0.1) is 6.92 Å². The first-order valence-electron chi connectivity index (χ1n) is 6.50. The van der Waals surface area contributed by atoms with Crippen molar-refractivity contribution in [3.63, 3.8) is 0 Å². The molecule has 0 unspecified atom stereocenters. The van der Waals surface area contributed by atoms with E-state index in [1.54, 1.807) is 0 Å². The van der Waals surface area contributed by atoms with Gasteiger partial charge in [-0.05, 0) is 32.3 Å². The molecule has 1 aromatic rings. The summed E-state index contributed by atoms with van der Waals surface area (Å²) in [4.78, 5) is 14.3. The number of hydrogen-bond donors (Lipinski definition) is 1. The number of piperidine rings is 1. The van der Waals surface area contributed by atoms with Gasteiger partial charge >= 0.3 is 0 Å². The number of nitrogens with zero attached hydrogens (tertiary/aromatic N) is 3. The van der Waals surface area contributed by atoms with Crippen molar-refractivity contribution in [3.05, 3.63) is 23.0 Å². The van der Waals surface area contributed by atoms with Crippen LogP contribution in [0.25, 0.3) is 0 Å². The van der Waals surface area contributed by atoms with Crippen LogP contribution in [0.15, 0.2) is 6.07 Å². The van der Waals surface area contributed by atoms with Gasteiger partial charge in [-0.25, -0.2) is 0 Å². The smallest absolute Gasteiger partial charge is 0.255 e. The maximum absolute atomic E-state index is 12.5. The third-order valence-electron chi connectivity index (χ3n) is 3.38. The Kier molecular flexibility index (Phi) is 3.91. The molecule has 0 aromatic carbocycles. The first-order chi connectivity index (χ1) is 8.61. The van der Waals surface area contributed by atoms with E-state index in [-0.39, 0.29) is 11.9 Å². The SMILES string of the molecule is CCc1nnc(C)cc1C(=O)N1CCC(N)CC1. The summed E-state index contributed by atoms with van der Waals surface area (Å²) in [7, 11) is 0. The second-order valence-electron chi connectivity index (χ2n) is 4.83. The molecular weight excluding hydrogens is 228 g/mol. The summed E-state index contributed by atoms with van der Waals surface area (Å²) in [5.74, 6) is 0.0664. The molecule has 1 aromatic heterocycles. The van der Waals surface area contributed by atoms with E-state index in [9.17, 15) is 4.79 Å². The summed E-state index contributed by atoms with van der Waals surface area (Å²) in [5.41, 5.74) is 8.11. The fraction of sp³-hybridized carbons (Fsp3) is 0.615. The number of carbonyl (C=O) groups is 1. The molecule has 0 radical (unpaired) electrons. The van der Waals surface area contributed by atoms with Gasteiger partial charge in [0.15, 0.2) is 0 Å². The van der Waals surface area contributed by atoms with Gasteiger partial charge in [0.05, 0.1) is 17.0 Å². The highest BCUT2D eigenvalue weighted by atomic mass is 16.2. The van der Waals surface area contributed by atoms with Gasteiger partial charge in [0.25, 0.3) is 5.91 Å². The molecule has 0 spiro atoms. The van der Waals surface area contributed by atoms with Gasteiger partial charge in [-0.15, -0.1) is 0 Å². The molecule has 18 heavy (non-hydrogen) atoms. The van der Waals surface area contributed by atoms with Gasteiger partial charge in [-0.2, -0.15) is 10.2 Å². The second-order valence-corrected chi connectivity index (χ2v) is 4.83. The van der Waals surface area contributed by atoms with E-state index in [0.717, 1.165) is 43.7 Å². The lowest BCUT2D eigenvalue weighted by molar-refractivity contribution is 0.0712. The molecule has 1 aliphatic rings. The van der Waals surface area contributed by atoms with Crippen LogP contribution >= 0.6 is 0 Å². The number of likely N-dealkylation sites (tertiary alicyclic amines) is 1. The summed E-state index contributed by atoms with van der Waals surface area (Å²) in [5, 5.41) is 8.11. The minimum absolute atomic E-state index is 0.0664. The molecule has 2 N–H and O–H groups in total. The van der Waals surface area contributed by atoms with Crippen LogP contribution in [0.3, 0.4) is 0 Å². The van der Waals surface area contributed by atoms with E-state index >= 15 is 0 Å². The Labute approximate surface area is 107 Å². The lowest BCUT2D eigenvalue weighted by atomic mass is 10.0. The molecule has 1 fully saturated rings. The highest BCUT2D eigenvalue weighted by Gasteiger charge is 2.23. The lowest BCUT2D eigenvalue weighted by Crippen LogP contribution is -2.43. The molecule has 1 saturated heterocycles. The minimum Gasteiger partial charge on any atom is -0.338 e. The van der Waals surface area contributed by atoms with Crippen molar-refractivity contribution in [3.8, 4) is 0 Å². The summed E-state index contributed by atoms with van der Waals surface area (Å²) < 4.78 is 0. The average molecular weight is 248 g/mol. The Balaban J connectivity index is 2.20. The van der Waals surface area contributed by atoms with E-state index in [1.807, 2.05) is 24.8 Å². The van der Waals surface area contributed by atoms with Crippen LogP contribution in [0.2, 0.25) is 0 Å². The summed E-state index contributed by atoms with van der Waals surface area (Å²) in [6, 6.07) is 2.07. The van der Waals surface area contributed by atoms with Gasteiger partial charge in [0.1, 0.15) is 0 Å². The molecule has 1 amide bonds. The zero-order valence-electron chi connectivity index (χ0n) is 11.0. The van der Waals surface area contributed by atoms with Crippen molar-refractivity contribution in [1.29, 1.82) is 0 Å². The van der Waals surface area contributed by atoms with Crippen LogP contribution in [-0.2, 0) is 6.42 Å². The molecular formula is C13H20N4O. The number of rotatable bonds is 2. The van der Waals surface area contributed by atoms with Crippen LogP contribution in [0.4, 0.5) is 0 Å². The summed E-state index contributed by atoms with van der Waals surface area (Å²) >= 11 is 0. The maximum Gasteiger partial charge on any atom is 0.255 e. The van der Waals surface area contributed by atoms with Crippen molar-refractivity contribution in [2.75, 3.05) is 13.1 Å². The molecule has 1 aliphatic heterocycles. The number of nitrogens with two attached hydrogens (primary N) is 1. The van der Waals surface area contributed by atoms with Gasteiger partial charge in [0, 0.05) is 19.1 Å². The molecule has 5 nitrogen and oxygen atoms in total. The third-order valence-corrected chi connectivity index (χ3v) is 3.38. The first kappa shape index (κ1) is 13.0. The maximum atomic E-state index is 12.5. The summed E-state index contributed by atoms with van der Waals surface area (Å²) in [6.45, 7) is 5.33. The minimum atomic E-state index is 0.0664. The van der Waals surface area contributed by atoms with Crippen molar-refractivity contribution >= 4 is 5.91 Å². The second kappa shape index (κ2) is 5.44. The Hall–Kier alpha value is -1.49. The van der Waals surface area contributed by atoms with Crippen LogP contribution in [0.1, 0.15) is 41.5 Å². The van der Waals surface area contributed by atoms with E-state index in [2.05, 4.69) is 10.2 Å². The molecule has 0 bridgehead atoms. The van der Waals surface area contributed by atoms with Crippen LogP contribution < -0.4 is 5.73 Å². The quantitative estimate of drug-likeness (QED) is 0.844. The molecule has 0 atom stereocenters. The number of aromatic nitrogens is 2. The number of aryl methyl sites for hydroxylation is 2. The monoisotopic (exact) mass is 248 g/mol. The number of hydrogen-bond acceptors (Lipinski definition) is 4. The van der Waals surface area contributed by atoms with Crippen LogP contribution in [-0.4, -0.2) is 40.1 Å². The Bertz CT molecular complexity index is 439. The third kappa shape index (κ3) is 2.67. The zero-order valence-corrected chi connectivity index (χ0v) is 11.0. The molecule has 5 heteroatoms. The molecule has 0 aliphatic carbocycles. The fourth-order valence-corrected chi connectivity index (χ4v) is 2.23. The van der Waals surface area contributed by atoms with Crippen molar-refractivity contribution in [2.24, 2.45) is 5.73 Å². The van der Waals surface area contributed by atoms with E-state index in [1.165, 1.54) is 0 Å². The zero-order chi connectivity index (χ0) is 13.1. The molecule has 2 rings (SSSR count). The molecule has 0 saturated carbocycles. The topological polar surface area (TPSA) is 72.1 Å². The van der Waals surface area contributed by atoms with Gasteiger partial charge in [-0.3, -0.25) is 4.79 Å². The predicted octanol–water partition coefficient (Wildman–Crippen LogP) is 0.911. The van der Waals surface area contributed by atoms with Gasteiger partial charge in [0.2, 0.25) is 0 Å². The van der Waals surface area contributed by atoms with Crippen molar-refractivity contribution < 1.29 is 4.79 Å². The van der Waals surface area contributed by atoms with E-state index < -0.39 is 0 Å². The van der Waals surface area contributed by atoms with Crippen molar-refractivity contribution in [2.45, 2.75) is 39.2 Å². The predicted molar refractivity (Wildman–Crippen MR) is 69.3 cm³/mol. The molecule has 98 valence electrons. The first-order valence-corrected chi connectivity index (χ1v) is 6.50. The van der Waals surface area contributed by atoms with Crippen molar-refractivity contribution in [1.82, 2.24) is 15.1 Å². The lowest BCUT2D eigenvalue weighted by Gasteiger charge is -2.30. The largest absolute Gasteiger partial charge is 0.338 e. The van der Waals surface area contributed by atoms with Crippen LogP contribution in [0.5, 0.6) is 0 Å². The highest BCUT2D eigenvalue weighted by molar-refractivity contribution is 5.95. The Morgan fingerprint density at radius 2 is 2.11 bits per heavy atom. The number of amides is 1. The molecule has 2 heterocycles. The van der Waals surface area contributed by atoms with Gasteiger partial charge in [-0.1, -0.05) is 6.92 Å². The van der Waals surface area contributed by atoms with Gasteiger partial charge < -0.3 is 10.6 Å². The average Bonchev–Trinajstić information content (AvgIpc) is 2.39. The normalized spacial score (nSPS) is 16.9. The van der Waals surface area contributed by atoms with E-state index in [0.29, 0.717) is 5.56 Å². The standard InChI is InChI=1S/C13H20N4O/c1-3-12-11(8-9(2)15-16-12)13(18)17-6-4-10(14)5-7-17/h8,10H,3-7,14H2,1-2H3. The Morgan fingerprint density at radius 1 is 1.44 bits per heavy atom. The fourth-order valence-electron chi connectivity index (χ4n) is 2.23. The van der Waals surface area contributed by atoms with E-state index in [4.69, 9.17) is 5.73 Å². The number of carbonyl (C=O) groups excluding carboxylic acids is 1. The summed E-state index contributed by atoms with van der Waals surface area (Å²) in [6.07, 6.45) is 2.48.